The number of rotatable bonds is 2. The van der Waals surface area contributed by atoms with E-state index < -0.39 is 0 Å². The summed E-state index contributed by atoms with van der Waals surface area (Å²) in [4.78, 5) is 29.5. The number of aromatic nitrogens is 5. The van der Waals surface area contributed by atoms with E-state index in [2.05, 4.69) is 56.9 Å². The average molecular weight is 341 g/mol. The number of carbonyl (C=O) groups excluding carboxylic acids is 1. The minimum Gasteiger partial charge on any atom is -0.356 e. The third-order valence-electron chi connectivity index (χ3n) is 5.14. The first-order valence-electron chi connectivity index (χ1n) is 8.64. The number of nitrogens with one attached hydrogen (secondary N) is 1. The van der Waals surface area contributed by atoms with Crippen LogP contribution in [-0.2, 0) is 5.41 Å². The lowest BCUT2D eigenvalue weighted by Crippen LogP contribution is -2.34. The van der Waals surface area contributed by atoms with E-state index in [9.17, 15) is 4.79 Å². The zero-order chi connectivity index (χ0) is 17.6. The van der Waals surface area contributed by atoms with Crippen LogP contribution in [0.15, 0.2) is 18.7 Å². The summed E-state index contributed by atoms with van der Waals surface area (Å²) >= 11 is 0. The van der Waals surface area contributed by atoms with Crippen molar-refractivity contribution in [1.82, 2.24) is 30.0 Å². The minimum atomic E-state index is -0.0597. The van der Waals surface area contributed by atoms with Crippen molar-refractivity contribution in [3.63, 3.8) is 0 Å². The molecule has 2 saturated heterocycles. The van der Waals surface area contributed by atoms with Gasteiger partial charge in [-0.15, -0.1) is 0 Å². The summed E-state index contributed by atoms with van der Waals surface area (Å²) in [5.41, 5.74) is 1.06. The van der Waals surface area contributed by atoms with Gasteiger partial charge in [0, 0.05) is 49.5 Å². The van der Waals surface area contributed by atoms with Crippen LogP contribution in [0, 0.1) is 11.8 Å². The first-order valence-corrected chi connectivity index (χ1v) is 8.64. The molecule has 0 aliphatic carbocycles. The van der Waals surface area contributed by atoms with Crippen molar-refractivity contribution in [3.05, 3.63) is 30.2 Å². The van der Waals surface area contributed by atoms with Gasteiger partial charge in [0.15, 0.2) is 0 Å². The summed E-state index contributed by atoms with van der Waals surface area (Å²) in [6.45, 7) is 9.84. The van der Waals surface area contributed by atoms with Crippen molar-refractivity contribution in [3.8, 4) is 0 Å². The number of aromatic amines is 1. The molecule has 1 amide bonds. The van der Waals surface area contributed by atoms with Crippen LogP contribution in [0.25, 0.3) is 0 Å². The Hall–Kier alpha value is -2.51. The van der Waals surface area contributed by atoms with E-state index >= 15 is 0 Å². The van der Waals surface area contributed by atoms with Crippen LogP contribution >= 0.6 is 0 Å². The van der Waals surface area contributed by atoms with E-state index in [0.29, 0.717) is 17.7 Å². The maximum atomic E-state index is 12.4. The quantitative estimate of drug-likeness (QED) is 0.880. The van der Waals surface area contributed by atoms with Crippen molar-refractivity contribution in [2.45, 2.75) is 26.2 Å². The van der Waals surface area contributed by atoms with E-state index in [0.717, 1.165) is 37.7 Å². The molecule has 0 saturated carbocycles. The van der Waals surface area contributed by atoms with E-state index in [1.165, 1.54) is 6.33 Å². The monoisotopic (exact) mass is 341 g/mol. The molecule has 2 fully saturated rings. The number of likely N-dealkylation sites (tertiary alicyclic amines) is 1. The zero-order valence-electron chi connectivity index (χ0n) is 14.8. The Morgan fingerprint density at radius 3 is 2.40 bits per heavy atom. The number of hydrogen-bond donors (Lipinski definition) is 1. The number of fused-ring (bicyclic) bond motifs is 1. The Balaban J connectivity index is 1.44. The highest BCUT2D eigenvalue weighted by molar-refractivity contribution is 5.90. The Morgan fingerprint density at radius 2 is 1.80 bits per heavy atom. The lowest BCUT2D eigenvalue weighted by Gasteiger charge is -2.24. The molecule has 132 valence electrons. The fourth-order valence-electron chi connectivity index (χ4n) is 3.73. The summed E-state index contributed by atoms with van der Waals surface area (Å²) in [5, 5.41) is 6.42. The van der Waals surface area contributed by atoms with Gasteiger partial charge in [0.05, 0.1) is 5.69 Å². The van der Waals surface area contributed by atoms with Gasteiger partial charge in [-0.25, -0.2) is 15.0 Å². The van der Waals surface area contributed by atoms with E-state index in [1.54, 1.807) is 6.33 Å². The van der Waals surface area contributed by atoms with Gasteiger partial charge in [-0.1, -0.05) is 20.8 Å². The lowest BCUT2D eigenvalue weighted by molar-refractivity contribution is 0.0771. The molecule has 2 aromatic heterocycles. The first kappa shape index (κ1) is 16.0. The number of carbonyl (C=O) groups is 1. The second kappa shape index (κ2) is 5.79. The zero-order valence-corrected chi connectivity index (χ0v) is 14.8. The van der Waals surface area contributed by atoms with Crippen molar-refractivity contribution in [2.24, 2.45) is 11.8 Å². The fraction of sp³-hybridized carbons (Fsp3) is 0.588. The molecule has 2 aliphatic heterocycles. The summed E-state index contributed by atoms with van der Waals surface area (Å²) < 4.78 is 0. The van der Waals surface area contributed by atoms with Crippen LogP contribution in [-0.4, -0.2) is 62.1 Å². The Kier molecular flexibility index (Phi) is 3.70. The number of hydrogen-bond acceptors (Lipinski definition) is 6. The maximum absolute atomic E-state index is 12.4. The van der Waals surface area contributed by atoms with Gasteiger partial charge in [0.25, 0.3) is 5.91 Å². The number of amides is 1. The molecule has 2 unspecified atom stereocenters. The van der Waals surface area contributed by atoms with Crippen LogP contribution in [0.2, 0.25) is 0 Å². The van der Waals surface area contributed by atoms with Gasteiger partial charge in [-0.3, -0.25) is 9.89 Å². The third-order valence-corrected chi connectivity index (χ3v) is 5.14. The van der Waals surface area contributed by atoms with E-state index in [4.69, 9.17) is 0 Å². The summed E-state index contributed by atoms with van der Waals surface area (Å²) in [7, 11) is 0. The highest BCUT2D eigenvalue weighted by Gasteiger charge is 2.42. The second-order valence-corrected chi connectivity index (χ2v) is 7.98. The molecule has 0 spiro atoms. The Bertz CT molecular complexity index is 754. The van der Waals surface area contributed by atoms with Crippen molar-refractivity contribution in [1.29, 1.82) is 0 Å². The number of nitrogens with zero attached hydrogens (tertiary/aromatic N) is 6. The largest absolute Gasteiger partial charge is 0.356 e. The molecular formula is C17H23N7O. The molecule has 4 heterocycles. The smallest absolute Gasteiger partial charge is 0.291 e. The lowest BCUT2D eigenvalue weighted by atomic mass is 9.92. The van der Waals surface area contributed by atoms with Crippen LogP contribution in [0.4, 0.5) is 5.82 Å². The molecule has 0 bridgehead atoms. The Morgan fingerprint density at radius 1 is 1.08 bits per heavy atom. The maximum Gasteiger partial charge on any atom is 0.291 e. The highest BCUT2D eigenvalue weighted by Crippen LogP contribution is 2.34. The van der Waals surface area contributed by atoms with Gasteiger partial charge in [-0.2, -0.15) is 5.10 Å². The SMILES string of the molecule is CC(C)(C)c1cc(N2CC3CN(C(=O)c4ncn[nH]4)CC3C2)ncn1. The fourth-order valence-corrected chi connectivity index (χ4v) is 3.73. The molecule has 4 rings (SSSR count). The molecule has 8 heteroatoms. The first-order chi connectivity index (χ1) is 11.9. The van der Waals surface area contributed by atoms with Gasteiger partial charge >= 0.3 is 0 Å². The van der Waals surface area contributed by atoms with Crippen LogP contribution in [0.1, 0.15) is 37.1 Å². The summed E-state index contributed by atoms with van der Waals surface area (Å²) in [6, 6.07) is 2.10. The van der Waals surface area contributed by atoms with Crippen molar-refractivity contribution >= 4 is 11.7 Å². The molecule has 2 aliphatic rings. The molecule has 0 aromatic carbocycles. The van der Waals surface area contributed by atoms with Crippen molar-refractivity contribution < 1.29 is 4.79 Å². The Labute approximate surface area is 146 Å². The third kappa shape index (κ3) is 2.96. The predicted octanol–water partition coefficient (Wildman–Crippen LogP) is 1.10. The molecule has 0 radical (unpaired) electrons. The molecule has 8 nitrogen and oxygen atoms in total. The minimum absolute atomic E-state index is 0.00752. The van der Waals surface area contributed by atoms with Gasteiger partial charge in [-0.05, 0) is 0 Å². The summed E-state index contributed by atoms with van der Waals surface area (Å²) in [5.74, 6) is 2.19. The van der Waals surface area contributed by atoms with E-state index in [-0.39, 0.29) is 11.3 Å². The standard InChI is InChI=1S/C17H23N7O/c1-17(2,3)13-4-14(19-9-18-13)23-5-11-7-24(8-12(11)6-23)16(25)15-20-10-21-22-15/h4,9-12H,5-8H2,1-3H3,(H,20,21,22). The molecule has 1 N–H and O–H groups in total. The number of anilines is 1. The van der Waals surface area contributed by atoms with Crippen LogP contribution in [0.5, 0.6) is 0 Å². The normalized spacial score (nSPS) is 23.2. The van der Waals surface area contributed by atoms with Gasteiger partial charge < -0.3 is 9.80 Å². The van der Waals surface area contributed by atoms with Crippen LogP contribution in [0.3, 0.4) is 0 Å². The predicted molar refractivity (Wildman–Crippen MR) is 92.2 cm³/mol. The van der Waals surface area contributed by atoms with Gasteiger partial charge in [0.2, 0.25) is 5.82 Å². The molecular weight excluding hydrogens is 318 g/mol. The van der Waals surface area contributed by atoms with E-state index in [1.807, 2.05) is 4.90 Å². The average Bonchev–Trinajstić information content (AvgIpc) is 3.29. The molecule has 2 aromatic rings. The molecule has 25 heavy (non-hydrogen) atoms. The summed E-state index contributed by atoms with van der Waals surface area (Å²) in [6.07, 6.45) is 3.03. The topological polar surface area (TPSA) is 90.9 Å². The van der Waals surface area contributed by atoms with Gasteiger partial charge in [0.1, 0.15) is 18.5 Å². The van der Waals surface area contributed by atoms with Crippen LogP contribution < -0.4 is 4.90 Å². The molecule has 2 atom stereocenters. The van der Waals surface area contributed by atoms with Crippen molar-refractivity contribution in [2.75, 3.05) is 31.1 Å². The highest BCUT2D eigenvalue weighted by atomic mass is 16.2. The second-order valence-electron chi connectivity index (χ2n) is 7.98. The number of H-pyrrole nitrogens is 1.